The molecule has 0 spiro atoms. The summed E-state index contributed by atoms with van der Waals surface area (Å²) >= 11 is 0. The number of rotatable bonds is 2. The molecule has 0 bridgehead atoms. The van der Waals surface area contributed by atoms with Gasteiger partial charge < -0.3 is 5.32 Å². The zero-order chi connectivity index (χ0) is 10.1. The van der Waals surface area contributed by atoms with Crippen LogP contribution in [0.25, 0.3) is 0 Å². The van der Waals surface area contributed by atoms with Crippen LogP contribution in [0.3, 0.4) is 0 Å². The first-order chi connectivity index (χ1) is 6.68. The fraction of sp³-hybridized carbons (Fsp3) is 0.400. The molecule has 74 valence electrons. The highest BCUT2D eigenvalue weighted by Crippen LogP contribution is 2.25. The Labute approximate surface area is 82.1 Å². The maximum Gasteiger partial charge on any atom is 0.272 e. The van der Waals surface area contributed by atoms with Gasteiger partial charge in [-0.2, -0.15) is 0 Å². The zero-order valence-corrected chi connectivity index (χ0v) is 7.99. The molecule has 1 saturated heterocycles. The van der Waals surface area contributed by atoms with Crippen LogP contribution in [0.5, 0.6) is 0 Å². The van der Waals surface area contributed by atoms with Crippen molar-refractivity contribution >= 4 is 5.69 Å². The largest absolute Gasteiger partial charge is 0.315 e. The molecule has 0 unspecified atom stereocenters. The topological polar surface area (TPSA) is 55.2 Å². The van der Waals surface area contributed by atoms with Gasteiger partial charge in [0.15, 0.2) is 0 Å². The molecular formula is C10H12N2O2. The van der Waals surface area contributed by atoms with Gasteiger partial charge in [0.25, 0.3) is 5.69 Å². The van der Waals surface area contributed by atoms with Crippen LogP contribution in [0.15, 0.2) is 18.2 Å². The van der Waals surface area contributed by atoms with Gasteiger partial charge in [0.05, 0.1) is 4.92 Å². The van der Waals surface area contributed by atoms with Crippen molar-refractivity contribution in [1.29, 1.82) is 0 Å². The Morgan fingerprint density at radius 2 is 2.21 bits per heavy atom. The van der Waals surface area contributed by atoms with Crippen LogP contribution in [0.4, 0.5) is 5.69 Å². The molecule has 0 radical (unpaired) electrons. The third-order valence-corrected chi connectivity index (χ3v) is 2.67. The number of aryl methyl sites for hydroxylation is 1. The average Bonchev–Trinajstić information content (AvgIpc) is 2.00. The quantitative estimate of drug-likeness (QED) is 0.571. The highest BCUT2D eigenvalue weighted by molar-refractivity contribution is 5.43. The summed E-state index contributed by atoms with van der Waals surface area (Å²) in [7, 11) is 0. The Bertz CT molecular complexity index is 372. The van der Waals surface area contributed by atoms with E-state index in [1.54, 1.807) is 13.0 Å². The lowest BCUT2D eigenvalue weighted by Gasteiger charge is -2.27. The molecule has 1 aromatic carbocycles. The van der Waals surface area contributed by atoms with Crippen LogP contribution in [-0.4, -0.2) is 18.0 Å². The summed E-state index contributed by atoms with van der Waals surface area (Å²) in [5.41, 5.74) is 2.16. The van der Waals surface area contributed by atoms with Gasteiger partial charge in [-0.15, -0.1) is 0 Å². The minimum Gasteiger partial charge on any atom is -0.315 e. The van der Waals surface area contributed by atoms with Gasteiger partial charge in [0.2, 0.25) is 0 Å². The fourth-order valence-electron chi connectivity index (χ4n) is 1.66. The van der Waals surface area contributed by atoms with Crippen LogP contribution in [0.1, 0.15) is 17.0 Å². The van der Waals surface area contributed by atoms with Gasteiger partial charge in [-0.05, 0) is 18.6 Å². The van der Waals surface area contributed by atoms with E-state index in [9.17, 15) is 10.1 Å². The zero-order valence-electron chi connectivity index (χ0n) is 7.99. The molecule has 0 atom stereocenters. The number of nitro benzene ring substituents is 1. The van der Waals surface area contributed by atoms with Gasteiger partial charge >= 0.3 is 0 Å². The summed E-state index contributed by atoms with van der Waals surface area (Å²) < 4.78 is 0. The molecular weight excluding hydrogens is 180 g/mol. The number of hydrogen-bond donors (Lipinski definition) is 1. The van der Waals surface area contributed by atoms with E-state index in [-0.39, 0.29) is 10.6 Å². The summed E-state index contributed by atoms with van der Waals surface area (Å²) in [4.78, 5) is 10.2. The Balaban J connectivity index is 2.30. The van der Waals surface area contributed by atoms with Crippen LogP contribution in [-0.2, 0) is 0 Å². The first kappa shape index (κ1) is 9.15. The van der Waals surface area contributed by atoms with Crippen molar-refractivity contribution in [3.05, 3.63) is 39.4 Å². The monoisotopic (exact) mass is 192 g/mol. The molecule has 1 fully saturated rings. The van der Waals surface area contributed by atoms with Crippen LogP contribution < -0.4 is 5.32 Å². The van der Waals surface area contributed by atoms with Crippen molar-refractivity contribution in [3.8, 4) is 0 Å². The lowest BCUT2D eigenvalue weighted by molar-refractivity contribution is -0.385. The summed E-state index contributed by atoms with van der Waals surface area (Å²) in [6, 6.07) is 5.38. The summed E-state index contributed by atoms with van der Waals surface area (Å²) in [5, 5.41) is 13.8. The summed E-state index contributed by atoms with van der Waals surface area (Å²) in [5.74, 6) is 0.537. The second-order valence-electron chi connectivity index (χ2n) is 3.66. The predicted molar refractivity (Wildman–Crippen MR) is 53.4 cm³/mol. The molecule has 0 saturated carbocycles. The molecule has 14 heavy (non-hydrogen) atoms. The lowest BCUT2D eigenvalue weighted by Crippen LogP contribution is -2.39. The van der Waals surface area contributed by atoms with E-state index in [2.05, 4.69) is 5.32 Å². The van der Waals surface area contributed by atoms with E-state index in [1.807, 2.05) is 12.1 Å². The van der Waals surface area contributed by atoms with Crippen molar-refractivity contribution in [2.75, 3.05) is 13.1 Å². The maximum absolute atomic E-state index is 10.6. The molecule has 0 aliphatic carbocycles. The van der Waals surface area contributed by atoms with Crippen molar-refractivity contribution in [2.24, 2.45) is 0 Å². The maximum atomic E-state index is 10.6. The third kappa shape index (κ3) is 1.48. The average molecular weight is 192 g/mol. The highest BCUT2D eigenvalue weighted by Gasteiger charge is 2.20. The molecule has 4 heteroatoms. The van der Waals surface area contributed by atoms with Gasteiger partial charge in [-0.3, -0.25) is 10.1 Å². The van der Waals surface area contributed by atoms with Gasteiger partial charge in [-0.1, -0.05) is 6.07 Å². The van der Waals surface area contributed by atoms with E-state index < -0.39 is 0 Å². The Kier molecular flexibility index (Phi) is 2.21. The van der Waals surface area contributed by atoms with E-state index in [0.717, 1.165) is 18.7 Å². The fourth-order valence-corrected chi connectivity index (χ4v) is 1.66. The molecule has 4 nitrogen and oxygen atoms in total. The molecule has 0 aromatic heterocycles. The van der Waals surface area contributed by atoms with Crippen molar-refractivity contribution < 1.29 is 4.92 Å². The van der Waals surface area contributed by atoms with Crippen molar-refractivity contribution in [1.82, 2.24) is 5.32 Å². The number of benzene rings is 1. The first-order valence-corrected chi connectivity index (χ1v) is 4.64. The van der Waals surface area contributed by atoms with Crippen LogP contribution in [0.2, 0.25) is 0 Å². The van der Waals surface area contributed by atoms with E-state index in [1.165, 1.54) is 5.56 Å². The predicted octanol–water partition coefficient (Wildman–Crippen LogP) is 1.59. The van der Waals surface area contributed by atoms with Crippen molar-refractivity contribution in [2.45, 2.75) is 12.8 Å². The van der Waals surface area contributed by atoms with E-state index in [4.69, 9.17) is 0 Å². The second-order valence-corrected chi connectivity index (χ2v) is 3.66. The molecule has 1 aromatic rings. The molecule has 2 rings (SSSR count). The molecule has 1 N–H and O–H groups in total. The molecule has 1 heterocycles. The summed E-state index contributed by atoms with van der Waals surface area (Å²) in [6.45, 7) is 3.75. The minimum atomic E-state index is -0.335. The molecule has 0 amide bonds. The lowest BCUT2D eigenvalue weighted by atomic mass is 9.92. The minimum absolute atomic E-state index is 0.209. The van der Waals surface area contributed by atoms with E-state index in [0.29, 0.717) is 5.92 Å². The Morgan fingerprint density at radius 1 is 1.50 bits per heavy atom. The van der Waals surface area contributed by atoms with E-state index >= 15 is 0 Å². The normalized spacial score (nSPS) is 16.4. The van der Waals surface area contributed by atoms with Gasteiger partial charge in [-0.25, -0.2) is 0 Å². The smallest absolute Gasteiger partial charge is 0.272 e. The van der Waals surface area contributed by atoms with Crippen LogP contribution in [0, 0.1) is 17.0 Å². The first-order valence-electron chi connectivity index (χ1n) is 4.64. The molecule has 1 aliphatic rings. The van der Waals surface area contributed by atoms with Crippen LogP contribution >= 0.6 is 0 Å². The van der Waals surface area contributed by atoms with Gasteiger partial charge in [0.1, 0.15) is 0 Å². The number of nitrogens with zero attached hydrogens (tertiary/aromatic N) is 1. The van der Waals surface area contributed by atoms with Gasteiger partial charge in [0, 0.05) is 30.6 Å². The Morgan fingerprint density at radius 3 is 2.64 bits per heavy atom. The standard InChI is InChI=1S/C10H12N2O2/c1-7-4-8(9-5-11-6-9)2-3-10(7)12(13)14/h2-4,9,11H,5-6H2,1H3. The Hall–Kier alpha value is -1.42. The molecule has 1 aliphatic heterocycles. The summed E-state index contributed by atoms with van der Waals surface area (Å²) in [6.07, 6.45) is 0. The number of nitrogens with one attached hydrogen (secondary N) is 1. The number of hydrogen-bond acceptors (Lipinski definition) is 3. The highest BCUT2D eigenvalue weighted by atomic mass is 16.6. The SMILES string of the molecule is Cc1cc(C2CNC2)ccc1[N+](=O)[O-]. The second kappa shape index (κ2) is 3.38. The number of nitro groups is 1. The third-order valence-electron chi connectivity index (χ3n) is 2.67. The van der Waals surface area contributed by atoms with Crippen molar-refractivity contribution in [3.63, 3.8) is 0 Å².